The summed E-state index contributed by atoms with van der Waals surface area (Å²) in [5, 5.41) is 12.4. The molecule has 1 saturated carbocycles. The zero-order chi connectivity index (χ0) is 15.1. The van der Waals surface area contributed by atoms with Gasteiger partial charge >= 0.3 is 0 Å². The van der Waals surface area contributed by atoms with Gasteiger partial charge in [0.2, 0.25) is 0 Å². The molecule has 1 fully saturated rings. The number of aromatic nitrogens is 1. The molecule has 1 aliphatic rings. The molecule has 2 unspecified atom stereocenters. The van der Waals surface area contributed by atoms with Crippen molar-refractivity contribution in [2.24, 2.45) is 0 Å². The first-order valence-corrected chi connectivity index (χ1v) is 8.42. The Bertz CT molecular complexity index is 551. The number of thioether (sulfide) groups is 1. The van der Waals surface area contributed by atoms with E-state index < -0.39 is 0 Å². The van der Waals surface area contributed by atoms with E-state index in [2.05, 4.69) is 28.4 Å². The lowest BCUT2D eigenvalue weighted by Crippen LogP contribution is -2.38. The molecule has 2 N–H and O–H groups in total. The van der Waals surface area contributed by atoms with Gasteiger partial charge in [0, 0.05) is 30.1 Å². The molecule has 0 saturated heterocycles. The summed E-state index contributed by atoms with van der Waals surface area (Å²) < 4.78 is 0. The number of aliphatic hydroxyl groups excluding tert-OH is 1. The lowest BCUT2D eigenvalue weighted by Gasteiger charge is -2.19. The molecule has 1 heterocycles. The minimum absolute atomic E-state index is 0.0201. The van der Waals surface area contributed by atoms with Gasteiger partial charge in [0.25, 0.3) is 5.91 Å². The van der Waals surface area contributed by atoms with E-state index in [4.69, 9.17) is 5.11 Å². The zero-order valence-corrected chi connectivity index (χ0v) is 12.9. The van der Waals surface area contributed by atoms with Crippen molar-refractivity contribution in [1.82, 2.24) is 10.3 Å². The highest BCUT2D eigenvalue weighted by Gasteiger charge is 2.28. The highest BCUT2D eigenvalue weighted by atomic mass is 32.2. The number of carbonyl (C=O) groups excluding carboxylic acids is 1. The summed E-state index contributed by atoms with van der Waals surface area (Å²) in [5.74, 6) is 5.66. The molecule has 2 rings (SSSR count). The molecular formula is C16H20N2O2S. The summed E-state index contributed by atoms with van der Waals surface area (Å²) in [5.41, 5.74) is 1.17. The van der Waals surface area contributed by atoms with E-state index in [-0.39, 0.29) is 18.6 Å². The van der Waals surface area contributed by atoms with Crippen molar-refractivity contribution < 1.29 is 9.90 Å². The number of nitrogens with one attached hydrogen (secondary N) is 1. The van der Waals surface area contributed by atoms with Crippen LogP contribution in [0.15, 0.2) is 18.5 Å². The van der Waals surface area contributed by atoms with Gasteiger partial charge in [-0.1, -0.05) is 18.3 Å². The van der Waals surface area contributed by atoms with E-state index in [0.717, 1.165) is 19.3 Å². The van der Waals surface area contributed by atoms with Crippen LogP contribution < -0.4 is 5.32 Å². The van der Waals surface area contributed by atoms with Crippen molar-refractivity contribution in [1.29, 1.82) is 0 Å². The van der Waals surface area contributed by atoms with Gasteiger partial charge in [-0.2, -0.15) is 11.8 Å². The molecule has 0 spiro atoms. The van der Waals surface area contributed by atoms with Crippen LogP contribution in [0.4, 0.5) is 0 Å². The molecule has 1 amide bonds. The highest BCUT2D eigenvalue weighted by Crippen LogP contribution is 2.28. The predicted molar refractivity (Wildman–Crippen MR) is 85.2 cm³/mol. The summed E-state index contributed by atoms with van der Waals surface area (Å²) in [7, 11) is 0. The number of rotatable bonds is 4. The summed E-state index contributed by atoms with van der Waals surface area (Å²) in [6.07, 6.45) is 9.04. The van der Waals surface area contributed by atoms with E-state index in [1.807, 2.05) is 11.8 Å². The maximum Gasteiger partial charge on any atom is 0.252 e. The molecule has 0 aromatic carbocycles. The molecule has 0 radical (unpaired) electrons. The van der Waals surface area contributed by atoms with Gasteiger partial charge in [-0.15, -0.1) is 0 Å². The number of aliphatic hydroxyl groups is 1. The third kappa shape index (κ3) is 4.23. The van der Waals surface area contributed by atoms with Crippen molar-refractivity contribution in [2.45, 2.75) is 37.0 Å². The smallest absolute Gasteiger partial charge is 0.252 e. The van der Waals surface area contributed by atoms with Crippen molar-refractivity contribution in [3.63, 3.8) is 0 Å². The summed E-state index contributed by atoms with van der Waals surface area (Å²) in [6, 6.07) is 1.93. The zero-order valence-electron chi connectivity index (χ0n) is 12.1. The van der Waals surface area contributed by atoms with Gasteiger partial charge in [0.05, 0.1) is 17.7 Å². The summed E-state index contributed by atoms with van der Waals surface area (Å²) in [4.78, 5) is 16.5. The number of hydrogen-bond donors (Lipinski definition) is 2. The normalized spacial score (nSPS) is 20.7. The number of carbonyl (C=O) groups is 1. The van der Waals surface area contributed by atoms with E-state index in [1.165, 1.54) is 0 Å². The summed E-state index contributed by atoms with van der Waals surface area (Å²) >= 11 is 1.82. The van der Waals surface area contributed by atoms with Crippen LogP contribution in [0.1, 0.15) is 41.6 Å². The fourth-order valence-corrected chi connectivity index (χ4v) is 3.46. The minimum Gasteiger partial charge on any atom is -0.395 e. The molecule has 21 heavy (non-hydrogen) atoms. The Labute approximate surface area is 129 Å². The molecule has 112 valence electrons. The van der Waals surface area contributed by atoms with Crippen LogP contribution in [-0.4, -0.2) is 40.2 Å². The Morgan fingerprint density at radius 1 is 1.57 bits per heavy atom. The van der Waals surface area contributed by atoms with Crippen LogP contribution in [0.3, 0.4) is 0 Å². The third-order valence-electron chi connectivity index (χ3n) is 3.60. The van der Waals surface area contributed by atoms with Crippen LogP contribution in [0, 0.1) is 11.8 Å². The molecule has 1 aliphatic carbocycles. The quantitative estimate of drug-likeness (QED) is 0.833. The lowest BCUT2D eigenvalue weighted by atomic mass is 10.1. The standard InChI is InChI=1S/C16H20N2O2S/c1-21-15-7-4-6-14(15)18-16(20)13-8-9-17-11-12(13)5-2-3-10-19/h8-9,11,14-15,19H,3-4,6-7,10H2,1H3,(H,18,20). The predicted octanol–water partition coefficient (Wildman–Crippen LogP) is 1.83. The molecule has 1 aromatic rings. The van der Waals surface area contributed by atoms with Crippen LogP contribution >= 0.6 is 11.8 Å². The van der Waals surface area contributed by atoms with Crippen molar-refractivity contribution in [3.05, 3.63) is 29.6 Å². The van der Waals surface area contributed by atoms with E-state index in [1.54, 1.807) is 18.5 Å². The topological polar surface area (TPSA) is 62.2 Å². The van der Waals surface area contributed by atoms with Crippen LogP contribution in [0.5, 0.6) is 0 Å². The third-order valence-corrected chi connectivity index (χ3v) is 4.77. The monoisotopic (exact) mass is 304 g/mol. The first-order valence-electron chi connectivity index (χ1n) is 7.13. The molecular weight excluding hydrogens is 284 g/mol. The SMILES string of the molecule is CSC1CCCC1NC(=O)c1ccncc1C#CCCO. The Kier molecular flexibility index (Phi) is 6.09. The van der Waals surface area contributed by atoms with Crippen LogP contribution in [0.2, 0.25) is 0 Å². The van der Waals surface area contributed by atoms with Crippen molar-refractivity contribution in [3.8, 4) is 11.8 Å². The van der Waals surface area contributed by atoms with Gasteiger partial charge in [-0.25, -0.2) is 0 Å². The number of amides is 1. The molecule has 0 aliphatic heterocycles. The maximum absolute atomic E-state index is 12.5. The van der Waals surface area contributed by atoms with Gasteiger partial charge in [-0.05, 0) is 25.2 Å². The molecule has 5 heteroatoms. The van der Waals surface area contributed by atoms with Crippen LogP contribution in [0.25, 0.3) is 0 Å². The molecule has 1 aromatic heterocycles. The number of nitrogens with zero attached hydrogens (tertiary/aromatic N) is 1. The van der Waals surface area contributed by atoms with E-state index in [0.29, 0.717) is 22.8 Å². The molecule has 0 bridgehead atoms. The fraction of sp³-hybridized carbons (Fsp3) is 0.500. The van der Waals surface area contributed by atoms with Crippen molar-refractivity contribution in [2.75, 3.05) is 12.9 Å². The first-order chi connectivity index (χ1) is 10.3. The second kappa shape index (κ2) is 8.06. The summed E-state index contributed by atoms with van der Waals surface area (Å²) in [6.45, 7) is 0.0201. The first kappa shape index (κ1) is 15.9. The Morgan fingerprint density at radius 2 is 2.43 bits per heavy atom. The van der Waals surface area contributed by atoms with Crippen molar-refractivity contribution >= 4 is 17.7 Å². The molecule has 2 atom stereocenters. The number of pyridine rings is 1. The van der Waals surface area contributed by atoms with E-state index in [9.17, 15) is 4.79 Å². The van der Waals surface area contributed by atoms with E-state index >= 15 is 0 Å². The Hall–Kier alpha value is -1.51. The lowest BCUT2D eigenvalue weighted by molar-refractivity contribution is 0.0938. The maximum atomic E-state index is 12.5. The average Bonchev–Trinajstić information content (AvgIpc) is 2.95. The van der Waals surface area contributed by atoms with Crippen LogP contribution in [-0.2, 0) is 0 Å². The average molecular weight is 304 g/mol. The van der Waals surface area contributed by atoms with Gasteiger partial charge in [0.15, 0.2) is 0 Å². The van der Waals surface area contributed by atoms with Gasteiger partial charge in [-0.3, -0.25) is 9.78 Å². The Morgan fingerprint density at radius 3 is 3.19 bits per heavy atom. The Balaban J connectivity index is 2.10. The number of hydrogen-bond acceptors (Lipinski definition) is 4. The second-order valence-electron chi connectivity index (χ2n) is 4.98. The van der Waals surface area contributed by atoms with Gasteiger partial charge in [0.1, 0.15) is 0 Å². The highest BCUT2D eigenvalue weighted by molar-refractivity contribution is 7.99. The minimum atomic E-state index is -0.0864. The van der Waals surface area contributed by atoms with Gasteiger partial charge < -0.3 is 10.4 Å². The second-order valence-corrected chi connectivity index (χ2v) is 6.06. The fourth-order valence-electron chi connectivity index (χ4n) is 2.53. The largest absolute Gasteiger partial charge is 0.395 e. The molecule has 4 nitrogen and oxygen atoms in total.